The number of ketones is 1. The van der Waals surface area contributed by atoms with Crippen LogP contribution >= 0.6 is 0 Å². The van der Waals surface area contributed by atoms with E-state index in [1.807, 2.05) is 0 Å². The third-order valence-corrected chi connectivity index (χ3v) is 4.08. The largest absolute Gasteiger partial charge is 0.457 e. The molecule has 2 N–H and O–H groups in total. The number of carbonyl (C=O) groups excluding carboxylic acids is 4. The molecule has 3 aromatic rings. The lowest BCUT2D eigenvalue weighted by Crippen LogP contribution is -2.18. The Kier molecular flexibility index (Phi) is 6.21. The second-order valence-electron chi connectivity index (χ2n) is 6.51. The maximum Gasteiger partial charge on any atom is 0.312 e. The Balaban J connectivity index is 1.68. The Hall–Kier alpha value is -4.01. The van der Waals surface area contributed by atoms with Crippen molar-refractivity contribution >= 4 is 45.9 Å². The van der Waals surface area contributed by atoms with E-state index in [0.29, 0.717) is 22.4 Å². The Morgan fingerprint density at radius 3 is 2.47 bits per heavy atom. The number of anilines is 2. The number of nitrogens with zero attached hydrogens (tertiary/aromatic N) is 1. The summed E-state index contributed by atoms with van der Waals surface area (Å²) < 4.78 is 10.2. The summed E-state index contributed by atoms with van der Waals surface area (Å²) in [5, 5.41) is 9.66. The molecule has 0 unspecified atom stereocenters. The molecule has 0 radical (unpaired) electrons. The molecular weight excluding hydrogens is 390 g/mol. The topological polar surface area (TPSA) is 128 Å². The fourth-order valence-corrected chi connectivity index (χ4v) is 2.84. The molecule has 0 spiro atoms. The first-order valence-electron chi connectivity index (χ1n) is 9.05. The van der Waals surface area contributed by atoms with Crippen LogP contribution in [0.15, 0.2) is 47.0 Å². The van der Waals surface area contributed by atoms with E-state index in [1.165, 1.54) is 32.0 Å². The van der Waals surface area contributed by atoms with Gasteiger partial charge >= 0.3 is 5.97 Å². The Morgan fingerprint density at radius 2 is 1.73 bits per heavy atom. The number of fused-ring (bicyclic) bond motifs is 1. The highest BCUT2D eigenvalue weighted by Crippen LogP contribution is 2.22. The number of hydrogen-bond donors (Lipinski definition) is 2. The van der Waals surface area contributed by atoms with Crippen molar-refractivity contribution in [1.29, 1.82) is 0 Å². The van der Waals surface area contributed by atoms with Crippen molar-refractivity contribution in [3.63, 3.8) is 0 Å². The molecule has 0 saturated heterocycles. The molecule has 0 fully saturated rings. The molecule has 2 amide bonds. The minimum atomic E-state index is -0.640. The third-order valence-electron chi connectivity index (χ3n) is 4.08. The van der Waals surface area contributed by atoms with Crippen molar-refractivity contribution < 1.29 is 28.4 Å². The highest BCUT2D eigenvalue weighted by molar-refractivity contribution is 6.06. The average molecular weight is 409 g/mol. The standard InChI is InChI=1S/C21H19N3O6/c1-12(25)22-14-7-8-15(17(9-14)23-13(2)26)19(27)11-29-21(28)10-18-16-5-3-4-6-20(16)30-24-18/h3-9H,10-11H2,1-2H3,(H,22,25)(H,23,26). The first kappa shape index (κ1) is 20.7. The number of aromatic nitrogens is 1. The van der Waals surface area contributed by atoms with Crippen LogP contribution in [0.3, 0.4) is 0 Å². The summed E-state index contributed by atoms with van der Waals surface area (Å²) in [6.07, 6.45) is -0.148. The van der Waals surface area contributed by atoms with Crippen LogP contribution < -0.4 is 10.6 Å². The van der Waals surface area contributed by atoms with Gasteiger partial charge in [0.25, 0.3) is 0 Å². The molecule has 0 saturated carbocycles. The number of hydrogen-bond acceptors (Lipinski definition) is 7. The van der Waals surface area contributed by atoms with Gasteiger partial charge in [0, 0.05) is 30.5 Å². The number of Topliss-reactive ketones (excluding diaryl/α,β-unsaturated/α-hetero) is 1. The predicted molar refractivity (Wildman–Crippen MR) is 108 cm³/mol. The molecule has 1 aromatic heterocycles. The van der Waals surface area contributed by atoms with Gasteiger partial charge in [-0.2, -0.15) is 0 Å². The molecule has 0 bridgehead atoms. The summed E-state index contributed by atoms with van der Waals surface area (Å²) in [4.78, 5) is 47.4. The van der Waals surface area contributed by atoms with Crippen LogP contribution in [0.4, 0.5) is 11.4 Å². The van der Waals surface area contributed by atoms with Crippen LogP contribution in [0, 0.1) is 0 Å². The molecule has 0 aliphatic heterocycles. The zero-order valence-corrected chi connectivity index (χ0v) is 16.4. The molecule has 2 aromatic carbocycles. The number of carbonyl (C=O) groups is 4. The van der Waals surface area contributed by atoms with Gasteiger partial charge in [-0.25, -0.2) is 0 Å². The zero-order chi connectivity index (χ0) is 21.7. The van der Waals surface area contributed by atoms with E-state index in [0.717, 1.165) is 0 Å². The monoisotopic (exact) mass is 409 g/mol. The predicted octanol–water partition coefficient (Wildman–Crippen LogP) is 2.71. The lowest BCUT2D eigenvalue weighted by molar-refractivity contribution is -0.141. The number of amides is 2. The normalized spacial score (nSPS) is 10.5. The van der Waals surface area contributed by atoms with Crippen LogP contribution in [-0.4, -0.2) is 35.3 Å². The fraction of sp³-hybridized carbons (Fsp3) is 0.190. The fourth-order valence-electron chi connectivity index (χ4n) is 2.84. The number of nitrogens with one attached hydrogen (secondary N) is 2. The van der Waals surface area contributed by atoms with Crippen molar-refractivity contribution in [2.75, 3.05) is 17.2 Å². The van der Waals surface area contributed by atoms with Gasteiger partial charge in [0.15, 0.2) is 12.2 Å². The van der Waals surface area contributed by atoms with Crippen LogP contribution in [0.1, 0.15) is 29.9 Å². The molecule has 0 aliphatic rings. The van der Waals surface area contributed by atoms with E-state index in [1.54, 1.807) is 24.3 Å². The van der Waals surface area contributed by atoms with Gasteiger partial charge in [-0.1, -0.05) is 17.3 Å². The Morgan fingerprint density at radius 1 is 1.00 bits per heavy atom. The van der Waals surface area contributed by atoms with Gasteiger partial charge in [-0.15, -0.1) is 0 Å². The van der Waals surface area contributed by atoms with E-state index < -0.39 is 18.4 Å². The van der Waals surface area contributed by atoms with Gasteiger partial charge in [-0.05, 0) is 30.3 Å². The molecule has 30 heavy (non-hydrogen) atoms. The molecule has 3 rings (SSSR count). The van der Waals surface area contributed by atoms with E-state index >= 15 is 0 Å². The minimum Gasteiger partial charge on any atom is -0.457 e. The first-order chi connectivity index (χ1) is 14.3. The summed E-state index contributed by atoms with van der Waals surface area (Å²) in [5.41, 5.74) is 1.74. The second-order valence-corrected chi connectivity index (χ2v) is 6.51. The molecular formula is C21H19N3O6. The van der Waals surface area contributed by atoms with E-state index in [-0.39, 0.29) is 29.5 Å². The highest BCUT2D eigenvalue weighted by atomic mass is 16.5. The lowest BCUT2D eigenvalue weighted by Gasteiger charge is -2.12. The van der Waals surface area contributed by atoms with Crippen LogP contribution in [0.25, 0.3) is 11.0 Å². The lowest BCUT2D eigenvalue weighted by atomic mass is 10.1. The minimum absolute atomic E-state index is 0.148. The third kappa shape index (κ3) is 5.07. The average Bonchev–Trinajstić information content (AvgIpc) is 3.08. The summed E-state index contributed by atoms with van der Waals surface area (Å²) in [7, 11) is 0. The maximum absolute atomic E-state index is 12.5. The number of benzene rings is 2. The molecule has 9 heteroatoms. The molecule has 1 heterocycles. The summed E-state index contributed by atoms with van der Waals surface area (Å²) in [6.45, 7) is 2.12. The van der Waals surface area contributed by atoms with E-state index in [9.17, 15) is 19.2 Å². The van der Waals surface area contributed by atoms with Crippen molar-refractivity contribution in [2.45, 2.75) is 20.3 Å². The number of ether oxygens (including phenoxy) is 1. The quantitative estimate of drug-likeness (QED) is 0.454. The maximum atomic E-state index is 12.5. The molecule has 0 aliphatic carbocycles. The number of esters is 1. The Bertz CT molecular complexity index is 1130. The summed E-state index contributed by atoms with van der Waals surface area (Å²) >= 11 is 0. The smallest absolute Gasteiger partial charge is 0.312 e. The SMILES string of the molecule is CC(=O)Nc1ccc(C(=O)COC(=O)Cc2noc3ccccc23)c(NC(C)=O)c1. The Labute approximate surface area is 171 Å². The van der Waals surface area contributed by atoms with Crippen LogP contribution in [0.2, 0.25) is 0 Å². The zero-order valence-electron chi connectivity index (χ0n) is 16.4. The van der Waals surface area contributed by atoms with Gasteiger partial charge < -0.3 is 19.9 Å². The van der Waals surface area contributed by atoms with Crippen molar-refractivity contribution in [3.05, 3.63) is 53.7 Å². The summed E-state index contributed by atoms with van der Waals surface area (Å²) in [6, 6.07) is 11.5. The van der Waals surface area contributed by atoms with Crippen molar-refractivity contribution in [2.24, 2.45) is 0 Å². The van der Waals surface area contributed by atoms with Gasteiger partial charge in [0.05, 0.1) is 12.1 Å². The molecule has 9 nitrogen and oxygen atoms in total. The number of para-hydroxylation sites is 1. The molecule has 0 atom stereocenters. The van der Waals surface area contributed by atoms with Crippen molar-refractivity contribution in [1.82, 2.24) is 5.16 Å². The van der Waals surface area contributed by atoms with E-state index in [4.69, 9.17) is 9.26 Å². The van der Waals surface area contributed by atoms with Crippen LogP contribution in [0.5, 0.6) is 0 Å². The van der Waals surface area contributed by atoms with Gasteiger partial charge in [0.1, 0.15) is 5.69 Å². The van der Waals surface area contributed by atoms with E-state index in [2.05, 4.69) is 15.8 Å². The summed E-state index contributed by atoms with van der Waals surface area (Å²) in [5.74, 6) is -1.83. The highest BCUT2D eigenvalue weighted by Gasteiger charge is 2.18. The van der Waals surface area contributed by atoms with Gasteiger partial charge in [0.2, 0.25) is 17.6 Å². The molecule has 154 valence electrons. The van der Waals surface area contributed by atoms with Crippen molar-refractivity contribution in [3.8, 4) is 0 Å². The number of rotatable bonds is 7. The van der Waals surface area contributed by atoms with Crippen LogP contribution in [-0.2, 0) is 25.5 Å². The second kappa shape index (κ2) is 8.99. The van der Waals surface area contributed by atoms with Gasteiger partial charge in [-0.3, -0.25) is 19.2 Å². The first-order valence-corrected chi connectivity index (χ1v) is 9.05.